The van der Waals surface area contributed by atoms with Crippen LogP contribution in [-0.4, -0.2) is 16.0 Å². The minimum Gasteiger partial charge on any atom is -0.332 e. The number of rotatable bonds is 3. The molecule has 0 aliphatic heterocycles. The van der Waals surface area contributed by atoms with Crippen LogP contribution in [0.4, 0.5) is 10.3 Å². The first kappa shape index (κ1) is 11.8. The van der Waals surface area contributed by atoms with E-state index in [1.165, 1.54) is 12.1 Å². The summed E-state index contributed by atoms with van der Waals surface area (Å²) in [4.78, 5) is 15.8. The number of anilines is 1. The third-order valence-corrected chi connectivity index (χ3v) is 3.23. The van der Waals surface area contributed by atoms with Gasteiger partial charge in [-0.05, 0) is 42.3 Å². The molecule has 3 rings (SSSR count). The Morgan fingerprint density at radius 2 is 2.05 bits per heavy atom. The molecule has 0 unspecified atom stereocenters. The zero-order valence-electron chi connectivity index (χ0n) is 10.1. The van der Waals surface area contributed by atoms with Gasteiger partial charge in [-0.2, -0.15) is 4.98 Å². The van der Waals surface area contributed by atoms with Crippen molar-refractivity contribution < 1.29 is 13.7 Å². The van der Waals surface area contributed by atoms with Gasteiger partial charge >= 0.3 is 0 Å². The third-order valence-electron chi connectivity index (χ3n) is 3.23. The van der Waals surface area contributed by atoms with Crippen LogP contribution in [0.15, 0.2) is 28.8 Å². The van der Waals surface area contributed by atoms with Crippen molar-refractivity contribution in [2.24, 2.45) is 5.92 Å². The lowest BCUT2D eigenvalue weighted by Gasteiger charge is -2.22. The van der Waals surface area contributed by atoms with Crippen molar-refractivity contribution in [2.45, 2.75) is 19.3 Å². The van der Waals surface area contributed by atoms with Crippen LogP contribution in [0.5, 0.6) is 0 Å². The fraction of sp³-hybridized carbons (Fsp3) is 0.308. The Morgan fingerprint density at radius 3 is 2.68 bits per heavy atom. The number of halogens is 1. The van der Waals surface area contributed by atoms with Crippen LogP contribution in [0.1, 0.15) is 19.3 Å². The predicted octanol–water partition coefficient (Wildman–Crippen LogP) is 2.61. The first-order valence-corrected chi connectivity index (χ1v) is 6.13. The summed E-state index contributed by atoms with van der Waals surface area (Å²) in [5, 5.41) is 6.30. The van der Waals surface area contributed by atoms with E-state index in [-0.39, 0.29) is 29.5 Å². The molecule has 1 aromatic carbocycles. The predicted molar refractivity (Wildman–Crippen MR) is 65.7 cm³/mol. The highest BCUT2D eigenvalue weighted by molar-refractivity contribution is 5.91. The Kier molecular flexibility index (Phi) is 2.98. The average Bonchev–Trinajstić information content (AvgIpc) is 2.76. The van der Waals surface area contributed by atoms with Crippen molar-refractivity contribution in [3.8, 4) is 11.5 Å². The molecule has 5 nitrogen and oxygen atoms in total. The molecule has 1 aromatic heterocycles. The van der Waals surface area contributed by atoms with Gasteiger partial charge in [0.05, 0.1) is 0 Å². The van der Waals surface area contributed by atoms with Crippen LogP contribution in [0.25, 0.3) is 11.5 Å². The molecule has 0 radical (unpaired) electrons. The minimum atomic E-state index is -0.332. The smallest absolute Gasteiger partial charge is 0.270 e. The van der Waals surface area contributed by atoms with Gasteiger partial charge in [0.1, 0.15) is 5.82 Å². The van der Waals surface area contributed by atoms with Gasteiger partial charge in [0.2, 0.25) is 5.91 Å². The lowest BCUT2D eigenvalue weighted by Crippen LogP contribution is -2.28. The monoisotopic (exact) mass is 261 g/mol. The SMILES string of the molecule is O=C(Nc1noc(-c2ccc(F)cc2)n1)C1CCC1. The van der Waals surface area contributed by atoms with Crippen molar-refractivity contribution in [3.63, 3.8) is 0 Å². The van der Waals surface area contributed by atoms with Crippen LogP contribution in [-0.2, 0) is 4.79 Å². The molecule has 19 heavy (non-hydrogen) atoms. The summed E-state index contributed by atoms with van der Waals surface area (Å²) >= 11 is 0. The summed E-state index contributed by atoms with van der Waals surface area (Å²) in [5.41, 5.74) is 0.609. The summed E-state index contributed by atoms with van der Waals surface area (Å²) in [6.45, 7) is 0. The van der Waals surface area contributed by atoms with E-state index in [2.05, 4.69) is 15.5 Å². The average molecular weight is 261 g/mol. The fourth-order valence-corrected chi connectivity index (χ4v) is 1.87. The van der Waals surface area contributed by atoms with Gasteiger partial charge in [0.25, 0.3) is 11.8 Å². The molecule has 0 saturated heterocycles. The van der Waals surface area contributed by atoms with E-state index >= 15 is 0 Å². The molecular weight excluding hydrogens is 249 g/mol. The third kappa shape index (κ3) is 2.47. The van der Waals surface area contributed by atoms with Gasteiger partial charge in [0.15, 0.2) is 0 Å². The number of carbonyl (C=O) groups excluding carboxylic acids is 1. The number of benzene rings is 1. The zero-order chi connectivity index (χ0) is 13.2. The maximum Gasteiger partial charge on any atom is 0.270 e. The summed E-state index contributed by atoms with van der Waals surface area (Å²) in [6, 6.07) is 5.71. The molecule has 1 heterocycles. The number of hydrogen-bond donors (Lipinski definition) is 1. The van der Waals surface area contributed by atoms with Crippen molar-refractivity contribution >= 4 is 11.9 Å². The Morgan fingerprint density at radius 1 is 1.32 bits per heavy atom. The molecule has 2 aromatic rings. The molecule has 1 aliphatic rings. The standard InChI is InChI=1S/C13H12FN3O2/c14-10-6-4-9(5-7-10)12-16-13(17-19-12)15-11(18)8-2-1-3-8/h4-8H,1-3H2,(H,15,17,18). The van der Waals surface area contributed by atoms with Gasteiger partial charge in [-0.25, -0.2) is 4.39 Å². The number of hydrogen-bond acceptors (Lipinski definition) is 4. The van der Waals surface area contributed by atoms with Crippen molar-refractivity contribution in [1.82, 2.24) is 10.1 Å². The number of carbonyl (C=O) groups is 1. The van der Waals surface area contributed by atoms with E-state index < -0.39 is 0 Å². The summed E-state index contributed by atoms with van der Waals surface area (Å²) in [5.74, 6) is 0.0624. The lowest BCUT2D eigenvalue weighted by atomic mass is 9.85. The van der Waals surface area contributed by atoms with Crippen molar-refractivity contribution in [2.75, 3.05) is 5.32 Å². The van der Waals surface area contributed by atoms with E-state index in [0.717, 1.165) is 19.3 Å². The second kappa shape index (κ2) is 4.79. The van der Waals surface area contributed by atoms with E-state index in [4.69, 9.17) is 4.52 Å². The molecule has 1 N–H and O–H groups in total. The van der Waals surface area contributed by atoms with Crippen LogP contribution in [0.3, 0.4) is 0 Å². The highest BCUT2D eigenvalue weighted by atomic mass is 19.1. The first-order valence-electron chi connectivity index (χ1n) is 6.13. The number of amides is 1. The van der Waals surface area contributed by atoms with Gasteiger partial charge in [0, 0.05) is 11.5 Å². The first-order chi connectivity index (χ1) is 9.22. The molecule has 1 fully saturated rings. The van der Waals surface area contributed by atoms with E-state index in [0.29, 0.717) is 5.56 Å². The van der Waals surface area contributed by atoms with Gasteiger partial charge < -0.3 is 4.52 Å². The van der Waals surface area contributed by atoms with Crippen LogP contribution < -0.4 is 5.32 Å². The maximum absolute atomic E-state index is 12.8. The van der Waals surface area contributed by atoms with E-state index in [1.807, 2.05) is 0 Å². The molecule has 1 amide bonds. The Labute approximate surface area is 108 Å². The van der Waals surface area contributed by atoms with Gasteiger partial charge in [-0.3, -0.25) is 10.1 Å². The Bertz CT molecular complexity index is 590. The largest absolute Gasteiger partial charge is 0.332 e. The molecule has 0 bridgehead atoms. The summed E-state index contributed by atoms with van der Waals surface area (Å²) in [6.07, 6.45) is 2.91. The van der Waals surface area contributed by atoms with Crippen LogP contribution in [0, 0.1) is 11.7 Å². The number of aromatic nitrogens is 2. The minimum absolute atomic E-state index is 0.0628. The van der Waals surface area contributed by atoms with E-state index in [1.54, 1.807) is 12.1 Å². The van der Waals surface area contributed by atoms with Crippen molar-refractivity contribution in [1.29, 1.82) is 0 Å². The summed E-state index contributed by atoms with van der Waals surface area (Å²) in [7, 11) is 0. The highest BCUT2D eigenvalue weighted by Gasteiger charge is 2.26. The fourth-order valence-electron chi connectivity index (χ4n) is 1.87. The molecule has 0 atom stereocenters. The highest BCUT2D eigenvalue weighted by Crippen LogP contribution is 2.27. The number of nitrogens with one attached hydrogen (secondary N) is 1. The Balaban J connectivity index is 1.72. The number of nitrogens with zero attached hydrogens (tertiary/aromatic N) is 2. The van der Waals surface area contributed by atoms with Crippen LogP contribution >= 0.6 is 0 Å². The quantitative estimate of drug-likeness (QED) is 0.922. The summed E-state index contributed by atoms with van der Waals surface area (Å²) < 4.78 is 17.8. The second-order valence-electron chi connectivity index (χ2n) is 4.55. The Hall–Kier alpha value is -2.24. The molecule has 1 aliphatic carbocycles. The molecule has 0 spiro atoms. The molecule has 6 heteroatoms. The van der Waals surface area contributed by atoms with Gasteiger partial charge in [-0.1, -0.05) is 6.42 Å². The van der Waals surface area contributed by atoms with Crippen LogP contribution in [0.2, 0.25) is 0 Å². The second-order valence-corrected chi connectivity index (χ2v) is 4.55. The molecular formula is C13H12FN3O2. The molecule has 98 valence electrons. The zero-order valence-corrected chi connectivity index (χ0v) is 10.1. The van der Waals surface area contributed by atoms with Crippen molar-refractivity contribution in [3.05, 3.63) is 30.1 Å². The van der Waals surface area contributed by atoms with Gasteiger partial charge in [-0.15, -0.1) is 0 Å². The topological polar surface area (TPSA) is 68.0 Å². The molecule has 1 saturated carbocycles. The lowest BCUT2D eigenvalue weighted by molar-refractivity contribution is -0.122. The van der Waals surface area contributed by atoms with E-state index in [9.17, 15) is 9.18 Å². The normalized spacial score (nSPS) is 15.0. The maximum atomic E-state index is 12.8.